The molecule has 1 aliphatic rings. The van der Waals surface area contributed by atoms with E-state index in [2.05, 4.69) is 55.6 Å². The molecular formula is C31H42F3N5O3Sn. The van der Waals surface area contributed by atoms with Crippen molar-refractivity contribution < 1.29 is 27.4 Å². The zero-order chi connectivity index (χ0) is 31.5. The van der Waals surface area contributed by atoms with E-state index in [-0.39, 0.29) is 23.9 Å². The van der Waals surface area contributed by atoms with Crippen molar-refractivity contribution in [3.8, 4) is 15.7 Å². The van der Waals surface area contributed by atoms with Crippen LogP contribution in [-0.2, 0) is 10.3 Å². The fourth-order valence-electron chi connectivity index (χ4n) is 5.02. The van der Waals surface area contributed by atoms with E-state index in [1.165, 1.54) is 70.3 Å². The van der Waals surface area contributed by atoms with E-state index in [9.17, 15) is 18.0 Å². The van der Waals surface area contributed by atoms with E-state index in [4.69, 9.17) is 10.5 Å². The number of nitrogens with one attached hydrogen (secondary N) is 1. The summed E-state index contributed by atoms with van der Waals surface area (Å²) in [6.07, 6.45) is 9.82. The molecule has 8 nitrogen and oxygen atoms in total. The number of alkyl halides is 2. The van der Waals surface area contributed by atoms with Crippen molar-refractivity contribution in [2.24, 2.45) is 10.7 Å². The first kappa shape index (κ1) is 34.5. The second-order valence-electron chi connectivity index (χ2n) is 11.1. The van der Waals surface area contributed by atoms with Gasteiger partial charge in [-0.3, -0.25) is 0 Å². The maximum absolute atomic E-state index is 14.7. The van der Waals surface area contributed by atoms with Gasteiger partial charge >= 0.3 is 186 Å². The summed E-state index contributed by atoms with van der Waals surface area (Å²) in [6.45, 7) is 6.89. The summed E-state index contributed by atoms with van der Waals surface area (Å²) in [4.78, 5) is 24.8. The van der Waals surface area contributed by atoms with Crippen molar-refractivity contribution in [2.75, 3.05) is 18.5 Å². The molecule has 2 heterocycles. The molecule has 3 rings (SSSR count). The number of amides is 1. The van der Waals surface area contributed by atoms with Crippen molar-refractivity contribution >= 4 is 36.0 Å². The molecule has 0 radical (unpaired) electrons. The molecule has 1 aromatic carbocycles. The number of hydrogen-bond acceptors (Lipinski definition) is 7. The van der Waals surface area contributed by atoms with Crippen LogP contribution in [0.5, 0.6) is 5.88 Å². The van der Waals surface area contributed by atoms with E-state index in [0.717, 1.165) is 19.1 Å². The number of hydrogen-bond donors (Lipinski definition) is 2. The first-order valence-corrected chi connectivity index (χ1v) is 22.4. The van der Waals surface area contributed by atoms with Gasteiger partial charge in [-0.15, -0.1) is 0 Å². The summed E-state index contributed by atoms with van der Waals surface area (Å²) in [7, 11) is 0. The average Bonchev–Trinajstić information content (AvgIpc) is 2.99. The number of carbonyl (C=O) groups is 1. The molecule has 1 amide bonds. The number of benzene rings is 1. The zero-order valence-corrected chi connectivity index (χ0v) is 28.3. The van der Waals surface area contributed by atoms with Gasteiger partial charge in [0.25, 0.3) is 6.02 Å². The number of ether oxygens (including phenoxy) is 2. The third kappa shape index (κ3) is 9.00. The molecule has 1 atom stereocenters. The number of anilines is 1. The number of carbonyl (C=O) groups excluding carboxylic acids is 1. The third-order valence-electron chi connectivity index (χ3n) is 7.73. The number of rotatable bonds is 14. The molecule has 2 aromatic rings. The number of aliphatic imine (C=N–C) groups is 1. The van der Waals surface area contributed by atoms with Gasteiger partial charge in [0.2, 0.25) is 0 Å². The van der Waals surface area contributed by atoms with Crippen molar-refractivity contribution in [1.82, 2.24) is 9.97 Å². The van der Waals surface area contributed by atoms with Gasteiger partial charge in [0.05, 0.1) is 0 Å². The molecule has 1 aliphatic heterocycles. The summed E-state index contributed by atoms with van der Waals surface area (Å²) in [6, 6.07) is 2.85. The van der Waals surface area contributed by atoms with Gasteiger partial charge in [0.15, 0.2) is 12.1 Å². The molecule has 0 bridgehead atoms. The van der Waals surface area contributed by atoms with Gasteiger partial charge in [-0.05, 0) is 13.0 Å². The first-order chi connectivity index (χ1) is 20.5. The third-order valence-corrected chi connectivity index (χ3v) is 21.0. The molecule has 234 valence electrons. The van der Waals surface area contributed by atoms with Crippen LogP contribution in [0, 0.1) is 15.7 Å². The second-order valence-corrected chi connectivity index (χ2v) is 23.4. The minimum absolute atomic E-state index is 0.0388. The number of unbranched alkanes of at least 4 members (excludes halogenated alkanes) is 3. The minimum atomic E-state index is -3.55. The van der Waals surface area contributed by atoms with E-state index in [1.807, 2.05) is 0 Å². The zero-order valence-electron chi connectivity index (χ0n) is 25.4. The van der Waals surface area contributed by atoms with Crippen LogP contribution in [0.1, 0.15) is 82.3 Å². The normalized spacial score (nSPS) is 17.7. The standard InChI is InChI=1S/C19H15F3N5O3.3C4H9.Sn/c1-3-6-29-15-9-24-14(8-25-15)16(28)26-11-4-5-13(20)12(7-11)18(2)19(21,22)10-30-17(23)27-18;3*1-3-4-2;/h4-5,7-9H,6,10H2,2H3,(H2,23,27)(H,26,28);3*1,3-4H2,2H3;. The predicted molar refractivity (Wildman–Crippen MR) is 164 cm³/mol. The Morgan fingerprint density at radius 3 is 2.33 bits per heavy atom. The Labute approximate surface area is 256 Å². The van der Waals surface area contributed by atoms with Crippen LogP contribution in [0.3, 0.4) is 0 Å². The quantitative estimate of drug-likeness (QED) is 0.164. The molecular weight excluding hydrogens is 666 g/mol. The molecule has 43 heavy (non-hydrogen) atoms. The monoisotopic (exact) mass is 709 g/mol. The Balaban J connectivity index is 1.68. The molecule has 3 N–H and O–H groups in total. The summed E-state index contributed by atoms with van der Waals surface area (Å²) >= 11 is -2.58. The van der Waals surface area contributed by atoms with Gasteiger partial charge in [0.1, 0.15) is 5.82 Å². The Morgan fingerprint density at radius 1 is 1.09 bits per heavy atom. The molecule has 1 aromatic heterocycles. The van der Waals surface area contributed by atoms with Crippen molar-refractivity contribution in [3.05, 3.63) is 47.7 Å². The van der Waals surface area contributed by atoms with Crippen molar-refractivity contribution in [2.45, 2.75) is 91.0 Å². The van der Waals surface area contributed by atoms with Crippen LogP contribution in [0.25, 0.3) is 0 Å². The van der Waals surface area contributed by atoms with Crippen LogP contribution >= 0.6 is 0 Å². The number of nitrogens with two attached hydrogens (primary N) is 1. The number of halogens is 3. The van der Waals surface area contributed by atoms with Gasteiger partial charge in [-0.25, -0.2) is 9.38 Å². The number of aromatic nitrogens is 2. The van der Waals surface area contributed by atoms with Crippen molar-refractivity contribution in [3.63, 3.8) is 0 Å². The SMILES string of the molecule is CCC[CH2][Sn]([C]#CCOc1cnc(C(=O)Nc2ccc(F)c(C3(C)N=C(N)OCC3(F)F)c2)cn1)([CH2]CCC)[CH2]CCC. The van der Waals surface area contributed by atoms with Crippen LogP contribution < -0.4 is 15.8 Å². The Kier molecular flexibility index (Phi) is 12.5. The Bertz CT molecular complexity index is 1310. The van der Waals surface area contributed by atoms with Crippen LogP contribution in [0.4, 0.5) is 18.9 Å². The topological polar surface area (TPSA) is 112 Å². The second kappa shape index (κ2) is 15.6. The van der Waals surface area contributed by atoms with Crippen LogP contribution in [0.2, 0.25) is 13.3 Å². The molecule has 12 heteroatoms. The first-order valence-electron chi connectivity index (χ1n) is 14.9. The fraction of sp³-hybridized carbons (Fsp3) is 0.548. The van der Waals surface area contributed by atoms with Gasteiger partial charge < -0.3 is 10.5 Å². The molecule has 0 spiro atoms. The van der Waals surface area contributed by atoms with E-state index in [0.29, 0.717) is 0 Å². The van der Waals surface area contributed by atoms with Gasteiger partial charge in [-0.2, -0.15) is 8.78 Å². The van der Waals surface area contributed by atoms with Gasteiger partial charge in [0, 0.05) is 5.56 Å². The van der Waals surface area contributed by atoms with Crippen molar-refractivity contribution in [1.29, 1.82) is 0 Å². The summed E-state index contributed by atoms with van der Waals surface area (Å²) in [5.41, 5.74) is 2.77. The van der Waals surface area contributed by atoms with Crippen LogP contribution in [-0.4, -0.2) is 59.4 Å². The summed E-state index contributed by atoms with van der Waals surface area (Å²) < 4.78 is 62.1. The number of nitrogens with zero attached hydrogens (tertiary/aromatic N) is 3. The Hall–Kier alpha value is -3.01. The predicted octanol–water partition coefficient (Wildman–Crippen LogP) is 6.83. The fourth-order valence-corrected chi connectivity index (χ4v) is 18.3. The average molecular weight is 708 g/mol. The van der Waals surface area contributed by atoms with Gasteiger partial charge in [-0.1, -0.05) is 0 Å². The number of amidine groups is 1. The maximum atomic E-state index is 14.7. The molecule has 0 fully saturated rings. The van der Waals surface area contributed by atoms with E-state index in [1.54, 1.807) is 0 Å². The molecule has 0 saturated heterocycles. The Morgan fingerprint density at radius 2 is 1.74 bits per heavy atom. The molecule has 0 saturated carbocycles. The van der Waals surface area contributed by atoms with Crippen LogP contribution in [0.15, 0.2) is 35.6 Å². The van der Waals surface area contributed by atoms with E-state index >= 15 is 0 Å². The molecule has 1 unspecified atom stereocenters. The summed E-state index contributed by atoms with van der Waals surface area (Å²) in [5, 5.41) is 2.54. The van der Waals surface area contributed by atoms with E-state index < -0.39 is 59.8 Å². The molecule has 0 aliphatic carbocycles. The summed E-state index contributed by atoms with van der Waals surface area (Å²) in [5.74, 6) is -1.61.